The molecule has 2 N–H and O–H groups in total. The number of H-pyrrole nitrogens is 1. The summed E-state index contributed by atoms with van der Waals surface area (Å²) in [7, 11) is 0. The maximum Gasteiger partial charge on any atom is 0.290 e. The van der Waals surface area contributed by atoms with Crippen LogP contribution in [0.2, 0.25) is 0 Å². The number of rotatable bonds is 2. The molecule has 68 valence electrons. The van der Waals surface area contributed by atoms with Crippen molar-refractivity contribution in [3.8, 4) is 5.88 Å². The topological polar surface area (TPSA) is 113 Å². The van der Waals surface area contributed by atoms with Crippen molar-refractivity contribution in [2.24, 2.45) is 0 Å². The van der Waals surface area contributed by atoms with E-state index in [0.29, 0.717) is 6.07 Å². The Bertz CT molecular complexity index is 422. The highest BCUT2D eigenvalue weighted by Crippen LogP contribution is 2.20. The molecule has 13 heavy (non-hydrogen) atoms. The molecule has 1 aromatic rings. The zero-order chi connectivity index (χ0) is 10.0. The summed E-state index contributed by atoms with van der Waals surface area (Å²) in [4.78, 5) is 32.1. The number of hydrogen-bond acceptors (Lipinski definition) is 5. The highest BCUT2D eigenvalue weighted by Gasteiger charge is 2.18. The van der Waals surface area contributed by atoms with Gasteiger partial charge in [-0.2, -0.15) is 0 Å². The van der Waals surface area contributed by atoms with Crippen molar-refractivity contribution in [3.05, 3.63) is 32.1 Å². The van der Waals surface area contributed by atoms with Crippen LogP contribution in [0.25, 0.3) is 0 Å². The first-order chi connectivity index (χ1) is 6.06. The van der Waals surface area contributed by atoms with Crippen LogP contribution in [0.3, 0.4) is 0 Å². The molecule has 0 radical (unpaired) electrons. The van der Waals surface area contributed by atoms with Crippen LogP contribution in [-0.4, -0.2) is 21.3 Å². The number of carbonyl (C=O) groups excluding carboxylic acids is 1. The van der Waals surface area contributed by atoms with Gasteiger partial charge < -0.3 is 5.11 Å². The van der Waals surface area contributed by atoms with Crippen LogP contribution in [0.15, 0.2) is 10.9 Å². The molecule has 1 aromatic heterocycles. The Morgan fingerprint density at radius 1 is 1.62 bits per heavy atom. The Hall–Kier alpha value is -2.18. The molecule has 0 aliphatic carbocycles. The number of carbonyl (C=O) groups is 1. The first-order valence-corrected chi connectivity index (χ1v) is 3.12. The van der Waals surface area contributed by atoms with E-state index in [1.807, 2.05) is 4.98 Å². The van der Waals surface area contributed by atoms with Crippen LogP contribution in [0.5, 0.6) is 5.88 Å². The quantitative estimate of drug-likeness (QED) is 0.375. The van der Waals surface area contributed by atoms with Crippen molar-refractivity contribution in [3.63, 3.8) is 0 Å². The number of aromatic hydroxyl groups is 1. The summed E-state index contributed by atoms with van der Waals surface area (Å²) in [5, 5.41) is 19.2. The van der Waals surface area contributed by atoms with E-state index in [2.05, 4.69) is 0 Å². The van der Waals surface area contributed by atoms with Gasteiger partial charge in [0, 0.05) is 0 Å². The zero-order valence-corrected chi connectivity index (χ0v) is 6.18. The molecule has 0 spiro atoms. The van der Waals surface area contributed by atoms with Crippen molar-refractivity contribution >= 4 is 12.0 Å². The van der Waals surface area contributed by atoms with E-state index in [1.165, 1.54) is 0 Å². The van der Waals surface area contributed by atoms with Crippen LogP contribution >= 0.6 is 0 Å². The average Bonchev–Trinajstić information content (AvgIpc) is 2.02. The lowest BCUT2D eigenvalue weighted by Crippen LogP contribution is -2.08. The Morgan fingerprint density at radius 3 is 2.69 bits per heavy atom. The van der Waals surface area contributed by atoms with Crippen LogP contribution in [0.4, 0.5) is 5.69 Å². The smallest absolute Gasteiger partial charge is 0.290 e. The maximum absolute atomic E-state index is 10.6. The summed E-state index contributed by atoms with van der Waals surface area (Å²) >= 11 is 0. The Balaban J connectivity index is 3.56. The molecule has 0 aliphatic heterocycles. The highest BCUT2D eigenvalue weighted by atomic mass is 16.6. The summed E-state index contributed by atoms with van der Waals surface area (Å²) in [6.45, 7) is 0. The van der Waals surface area contributed by atoms with Crippen LogP contribution < -0.4 is 5.56 Å². The van der Waals surface area contributed by atoms with E-state index in [4.69, 9.17) is 5.11 Å². The van der Waals surface area contributed by atoms with Gasteiger partial charge in [-0.3, -0.25) is 24.7 Å². The Kier molecular flexibility index (Phi) is 2.09. The van der Waals surface area contributed by atoms with Crippen molar-refractivity contribution < 1.29 is 14.8 Å². The number of aromatic amines is 1. The van der Waals surface area contributed by atoms with Crippen molar-refractivity contribution in [2.45, 2.75) is 0 Å². The van der Waals surface area contributed by atoms with Gasteiger partial charge in [-0.05, 0) is 0 Å². The number of aromatic nitrogens is 1. The second-order valence-corrected chi connectivity index (χ2v) is 2.16. The largest absolute Gasteiger partial charge is 0.494 e. The zero-order valence-electron chi connectivity index (χ0n) is 6.18. The van der Waals surface area contributed by atoms with Gasteiger partial charge in [0.2, 0.25) is 5.88 Å². The van der Waals surface area contributed by atoms with Crippen LogP contribution in [0, 0.1) is 10.1 Å². The number of nitro groups is 1. The van der Waals surface area contributed by atoms with Gasteiger partial charge in [0.15, 0.2) is 11.8 Å². The van der Waals surface area contributed by atoms with Crippen LogP contribution in [-0.2, 0) is 0 Å². The molecule has 0 amide bonds. The Labute approximate surface area is 70.8 Å². The maximum atomic E-state index is 10.6. The fraction of sp³-hybridized carbons (Fsp3) is 0. The van der Waals surface area contributed by atoms with E-state index in [9.17, 15) is 19.7 Å². The molecule has 0 bridgehead atoms. The molecule has 0 aromatic carbocycles. The van der Waals surface area contributed by atoms with Gasteiger partial charge in [0.1, 0.15) is 0 Å². The van der Waals surface area contributed by atoms with E-state index >= 15 is 0 Å². The lowest BCUT2D eigenvalue weighted by molar-refractivity contribution is -0.385. The molecule has 1 rings (SSSR count). The minimum atomic E-state index is -0.918. The number of pyridine rings is 1. The third-order valence-corrected chi connectivity index (χ3v) is 1.36. The first kappa shape index (κ1) is 8.91. The predicted molar refractivity (Wildman–Crippen MR) is 40.8 cm³/mol. The average molecular weight is 184 g/mol. The molecular weight excluding hydrogens is 180 g/mol. The number of hydrogen-bond donors (Lipinski definition) is 2. The molecule has 0 aliphatic rings. The van der Waals surface area contributed by atoms with Gasteiger partial charge in [0.25, 0.3) is 11.2 Å². The van der Waals surface area contributed by atoms with E-state index < -0.39 is 27.6 Å². The van der Waals surface area contributed by atoms with Crippen molar-refractivity contribution in [2.75, 3.05) is 0 Å². The van der Waals surface area contributed by atoms with Crippen LogP contribution in [0.1, 0.15) is 10.4 Å². The van der Waals surface area contributed by atoms with Gasteiger partial charge in [-0.15, -0.1) is 0 Å². The lowest BCUT2D eigenvalue weighted by atomic mass is 10.2. The molecule has 0 fully saturated rings. The minimum absolute atomic E-state index is 0.101. The Morgan fingerprint density at radius 2 is 2.23 bits per heavy atom. The highest BCUT2D eigenvalue weighted by molar-refractivity contribution is 5.84. The molecule has 7 nitrogen and oxygen atoms in total. The fourth-order valence-electron chi connectivity index (χ4n) is 0.811. The molecule has 0 saturated heterocycles. The molecule has 0 saturated carbocycles. The molecule has 1 heterocycles. The van der Waals surface area contributed by atoms with Gasteiger partial charge in [-0.25, -0.2) is 0 Å². The summed E-state index contributed by atoms with van der Waals surface area (Å²) in [5.41, 5.74) is -2.09. The minimum Gasteiger partial charge on any atom is -0.494 e. The van der Waals surface area contributed by atoms with E-state index in [0.717, 1.165) is 0 Å². The number of nitrogens with zero attached hydrogens (tertiary/aromatic N) is 1. The van der Waals surface area contributed by atoms with E-state index in [1.54, 1.807) is 0 Å². The van der Waals surface area contributed by atoms with Gasteiger partial charge in [0.05, 0.1) is 11.0 Å². The summed E-state index contributed by atoms with van der Waals surface area (Å²) in [5.74, 6) is -0.797. The lowest BCUT2D eigenvalue weighted by Gasteiger charge is -1.96. The predicted octanol–water partition coefficient (Wildman–Crippen LogP) is -0.199. The monoisotopic (exact) mass is 184 g/mol. The van der Waals surface area contributed by atoms with Gasteiger partial charge >= 0.3 is 0 Å². The third-order valence-electron chi connectivity index (χ3n) is 1.36. The summed E-state index contributed by atoms with van der Waals surface area (Å²) in [6, 6.07) is 0.628. The van der Waals surface area contributed by atoms with Crippen molar-refractivity contribution in [1.82, 2.24) is 4.98 Å². The third kappa shape index (κ3) is 1.53. The molecule has 0 unspecified atom stereocenters. The number of nitrogens with one attached hydrogen (secondary N) is 1. The normalized spacial score (nSPS) is 9.54. The fourth-order valence-corrected chi connectivity index (χ4v) is 0.811. The molecule has 7 heteroatoms. The molecule has 0 atom stereocenters. The second-order valence-electron chi connectivity index (χ2n) is 2.16. The first-order valence-electron chi connectivity index (χ1n) is 3.12. The van der Waals surface area contributed by atoms with Crippen molar-refractivity contribution in [1.29, 1.82) is 0 Å². The standard InChI is InChI=1S/C6H4N2O5/c9-2-3-4(8(12)13)1-5(10)7-6(3)11/h1-2H,(H2,7,10,11). The second kappa shape index (κ2) is 3.05. The summed E-state index contributed by atoms with van der Waals surface area (Å²) < 4.78 is 0. The summed E-state index contributed by atoms with van der Waals surface area (Å²) in [6.07, 6.45) is 0.101. The SMILES string of the molecule is O=Cc1c([N+](=O)[O-])cc(=O)[nH]c1O. The number of aldehydes is 1. The molecular formula is C6H4N2O5. The van der Waals surface area contributed by atoms with Gasteiger partial charge in [-0.1, -0.05) is 0 Å². The van der Waals surface area contributed by atoms with E-state index in [-0.39, 0.29) is 6.29 Å².